The van der Waals surface area contributed by atoms with E-state index in [1.54, 1.807) is 20.2 Å². The second kappa shape index (κ2) is 7.60. The quantitative estimate of drug-likeness (QED) is 0.731. The summed E-state index contributed by atoms with van der Waals surface area (Å²) in [5.74, 6) is -0.0512. The molecule has 96 valence electrons. The first-order valence-corrected chi connectivity index (χ1v) is 6.43. The Kier molecular flexibility index (Phi) is 6.43. The minimum Gasteiger partial charge on any atom is -0.383 e. The van der Waals surface area contributed by atoms with E-state index < -0.39 is 0 Å². The lowest BCUT2D eigenvalue weighted by Gasteiger charge is -2.12. The summed E-state index contributed by atoms with van der Waals surface area (Å²) >= 11 is 7.16. The number of hydrogen-bond donors (Lipinski definition) is 2. The Morgan fingerprint density at radius 3 is 3.06 bits per heavy atom. The van der Waals surface area contributed by atoms with Gasteiger partial charge in [-0.3, -0.25) is 10.1 Å². The van der Waals surface area contributed by atoms with Crippen LogP contribution in [0.1, 0.15) is 11.9 Å². The molecule has 0 spiro atoms. The van der Waals surface area contributed by atoms with Crippen LogP contribution in [-0.2, 0) is 16.1 Å². The highest BCUT2D eigenvalue weighted by Gasteiger charge is 2.12. The number of carbonyl (C=O) groups excluding carboxylic acids is 1. The van der Waals surface area contributed by atoms with Crippen LogP contribution in [0.4, 0.5) is 0 Å². The highest BCUT2D eigenvalue weighted by atomic mass is 35.5. The van der Waals surface area contributed by atoms with E-state index in [1.807, 2.05) is 0 Å². The first kappa shape index (κ1) is 14.4. The van der Waals surface area contributed by atoms with Gasteiger partial charge in [0.15, 0.2) is 0 Å². The van der Waals surface area contributed by atoms with Crippen LogP contribution < -0.4 is 10.6 Å². The van der Waals surface area contributed by atoms with E-state index >= 15 is 0 Å². The van der Waals surface area contributed by atoms with Crippen LogP contribution in [-0.4, -0.2) is 37.2 Å². The Morgan fingerprint density at radius 2 is 2.47 bits per heavy atom. The Morgan fingerprint density at radius 1 is 1.71 bits per heavy atom. The van der Waals surface area contributed by atoms with Gasteiger partial charge in [-0.2, -0.15) is 0 Å². The molecule has 0 aliphatic heterocycles. The van der Waals surface area contributed by atoms with Gasteiger partial charge in [-0.15, -0.1) is 11.3 Å². The maximum atomic E-state index is 11.6. The van der Waals surface area contributed by atoms with Gasteiger partial charge in [0.2, 0.25) is 5.91 Å². The zero-order chi connectivity index (χ0) is 12.7. The molecule has 5 nitrogen and oxygen atoms in total. The van der Waals surface area contributed by atoms with Crippen LogP contribution in [0.25, 0.3) is 0 Å². The first-order valence-electron chi connectivity index (χ1n) is 5.23. The summed E-state index contributed by atoms with van der Waals surface area (Å²) in [4.78, 5) is 15.7. The molecule has 17 heavy (non-hydrogen) atoms. The van der Waals surface area contributed by atoms with Crippen LogP contribution in [0, 0.1) is 0 Å². The monoisotopic (exact) mass is 277 g/mol. The van der Waals surface area contributed by atoms with Gasteiger partial charge in [-0.1, -0.05) is 11.6 Å². The van der Waals surface area contributed by atoms with Gasteiger partial charge in [-0.05, 0) is 6.92 Å². The SMILES string of the molecule is COCCNC(=O)C(C)NCc1ncc(Cl)s1. The second-order valence-corrected chi connectivity index (χ2v) is 5.19. The number of thiazole rings is 1. The molecular weight excluding hydrogens is 262 g/mol. The number of carbonyl (C=O) groups is 1. The molecule has 0 aliphatic rings. The third-order valence-corrected chi connectivity index (χ3v) is 3.20. The minimum atomic E-state index is -0.269. The number of ether oxygens (including phenoxy) is 1. The van der Waals surface area contributed by atoms with Crippen molar-refractivity contribution in [2.75, 3.05) is 20.3 Å². The second-order valence-electron chi connectivity index (χ2n) is 3.44. The zero-order valence-electron chi connectivity index (χ0n) is 9.83. The third-order valence-electron chi connectivity index (χ3n) is 2.08. The van der Waals surface area contributed by atoms with Crippen LogP contribution >= 0.6 is 22.9 Å². The van der Waals surface area contributed by atoms with E-state index in [0.29, 0.717) is 24.0 Å². The van der Waals surface area contributed by atoms with E-state index in [2.05, 4.69) is 15.6 Å². The van der Waals surface area contributed by atoms with Crippen molar-refractivity contribution in [3.05, 3.63) is 15.5 Å². The van der Waals surface area contributed by atoms with Crippen molar-refractivity contribution in [3.63, 3.8) is 0 Å². The molecule has 0 fully saturated rings. The first-order chi connectivity index (χ1) is 8.13. The molecule has 2 N–H and O–H groups in total. The largest absolute Gasteiger partial charge is 0.383 e. The fourth-order valence-corrected chi connectivity index (χ4v) is 2.04. The average molecular weight is 278 g/mol. The Labute approximate surface area is 110 Å². The Bertz CT molecular complexity index is 359. The van der Waals surface area contributed by atoms with Crippen molar-refractivity contribution < 1.29 is 9.53 Å². The number of hydrogen-bond acceptors (Lipinski definition) is 5. The van der Waals surface area contributed by atoms with Crippen molar-refractivity contribution in [2.24, 2.45) is 0 Å². The van der Waals surface area contributed by atoms with Gasteiger partial charge in [0, 0.05) is 20.2 Å². The van der Waals surface area contributed by atoms with Gasteiger partial charge < -0.3 is 10.1 Å². The smallest absolute Gasteiger partial charge is 0.236 e. The number of amides is 1. The van der Waals surface area contributed by atoms with Gasteiger partial charge in [0.05, 0.1) is 18.8 Å². The lowest BCUT2D eigenvalue weighted by atomic mass is 10.3. The van der Waals surface area contributed by atoms with Crippen LogP contribution in [0.2, 0.25) is 4.34 Å². The summed E-state index contributed by atoms with van der Waals surface area (Å²) < 4.78 is 5.50. The van der Waals surface area contributed by atoms with Crippen molar-refractivity contribution in [1.82, 2.24) is 15.6 Å². The Balaban J connectivity index is 2.24. The summed E-state index contributed by atoms with van der Waals surface area (Å²) in [5, 5.41) is 6.70. The lowest BCUT2D eigenvalue weighted by molar-refractivity contribution is -0.122. The average Bonchev–Trinajstić information content (AvgIpc) is 2.72. The molecule has 0 bridgehead atoms. The maximum absolute atomic E-state index is 11.6. The van der Waals surface area contributed by atoms with Gasteiger partial charge in [0.1, 0.15) is 9.34 Å². The summed E-state index contributed by atoms with van der Waals surface area (Å²) in [6.07, 6.45) is 1.60. The number of rotatable bonds is 7. The zero-order valence-corrected chi connectivity index (χ0v) is 11.4. The standard InChI is InChI=1S/C10H16ClN3O2S/c1-7(10(15)12-3-4-16-2)13-6-9-14-5-8(11)17-9/h5,7,13H,3-4,6H2,1-2H3,(H,12,15). The van der Waals surface area contributed by atoms with Gasteiger partial charge in [0.25, 0.3) is 0 Å². The molecule has 0 saturated heterocycles. The molecule has 0 aromatic carbocycles. The number of halogens is 1. The van der Waals surface area contributed by atoms with E-state index in [4.69, 9.17) is 16.3 Å². The molecule has 7 heteroatoms. The summed E-state index contributed by atoms with van der Waals surface area (Å²) in [6.45, 7) is 3.37. The van der Waals surface area contributed by atoms with Crippen LogP contribution in [0.15, 0.2) is 6.20 Å². The number of nitrogens with one attached hydrogen (secondary N) is 2. The number of methoxy groups -OCH3 is 1. The molecule has 0 saturated carbocycles. The summed E-state index contributed by atoms with van der Waals surface area (Å²) in [7, 11) is 1.60. The molecule has 1 aromatic heterocycles. The molecule has 1 aromatic rings. The normalized spacial score (nSPS) is 12.4. The number of nitrogens with zero attached hydrogens (tertiary/aromatic N) is 1. The molecule has 1 heterocycles. The van der Waals surface area contributed by atoms with E-state index in [1.165, 1.54) is 11.3 Å². The summed E-state index contributed by atoms with van der Waals surface area (Å²) in [6, 6.07) is -0.269. The van der Waals surface area contributed by atoms with Crippen molar-refractivity contribution in [2.45, 2.75) is 19.5 Å². The van der Waals surface area contributed by atoms with Gasteiger partial charge in [-0.25, -0.2) is 4.98 Å². The lowest BCUT2D eigenvalue weighted by Crippen LogP contribution is -2.42. The third kappa shape index (κ3) is 5.45. The molecule has 1 amide bonds. The fraction of sp³-hybridized carbons (Fsp3) is 0.600. The predicted molar refractivity (Wildman–Crippen MR) is 68.3 cm³/mol. The molecule has 1 atom stereocenters. The van der Waals surface area contributed by atoms with Crippen molar-refractivity contribution in [3.8, 4) is 0 Å². The molecule has 0 aliphatic carbocycles. The Hall–Kier alpha value is -0.690. The van der Waals surface area contributed by atoms with Crippen molar-refractivity contribution in [1.29, 1.82) is 0 Å². The van der Waals surface area contributed by atoms with Gasteiger partial charge >= 0.3 is 0 Å². The number of aromatic nitrogens is 1. The molecular formula is C10H16ClN3O2S. The molecule has 1 rings (SSSR count). The minimum absolute atomic E-state index is 0.0512. The predicted octanol–water partition coefficient (Wildman–Crippen LogP) is 1.04. The fourth-order valence-electron chi connectivity index (χ4n) is 1.13. The van der Waals surface area contributed by atoms with Crippen LogP contribution in [0.3, 0.4) is 0 Å². The van der Waals surface area contributed by atoms with E-state index in [9.17, 15) is 4.79 Å². The molecule has 0 radical (unpaired) electrons. The maximum Gasteiger partial charge on any atom is 0.236 e. The van der Waals surface area contributed by atoms with E-state index in [-0.39, 0.29) is 11.9 Å². The van der Waals surface area contributed by atoms with Crippen LogP contribution in [0.5, 0.6) is 0 Å². The topological polar surface area (TPSA) is 63.2 Å². The molecule has 1 unspecified atom stereocenters. The summed E-state index contributed by atoms with van der Waals surface area (Å²) in [5.41, 5.74) is 0. The highest BCUT2D eigenvalue weighted by Crippen LogP contribution is 2.17. The van der Waals surface area contributed by atoms with Crippen molar-refractivity contribution >= 4 is 28.8 Å². The highest BCUT2D eigenvalue weighted by molar-refractivity contribution is 7.15. The van der Waals surface area contributed by atoms with E-state index in [0.717, 1.165) is 5.01 Å².